The summed E-state index contributed by atoms with van der Waals surface area (Å²) in [6, 6.07) is 12.3. The lowest BCUT2D eigenvalue weighted by atomic mass is 9.81. The lowest BCUT2D eigenvalue weighted by molar-refractivity contribution is 0.433. The molecule has 0 aliphatic carbocycles. The zero-order chi connectivity index (χ0) is 18.9. The first-order valence-electron chi connectivity index (χ1n) is 8.86. The Labute approximate surface area is 153 Å². The largest absolute Gasteiger partial charge is 0.508 e. The average molecular weight is 352 g/mol. The summed E-state index contributed by atoms with van der Waals surface area (Å²) in [5.41, 5.74) is 1.44. The van der Waals surface area contributed by atoms with E-state index >= 15 is 0 Å². The number of rotatable bonds is 5. The summed E-state index contributed by atoms with van der Waals surface area (Å²) in [5, 5.41) is 9.93. The van der Waals surface area contributed by atoms with Gasteiger partial charge in [0.05, 0.1) is 5.39 Å². The Morgan fingerprint density at radius 3 is 2.46 bits per heavy atom. The Morgan fingerprint density at radius 2 is 1.81 bits per heavy atom. The van der Waals surface area contributed by atoms with E-state index in [0.29, 0.717) is 22.5 Å². The summed E-state index contributed by atoms with van der Waals surface area (Å²) in [5.74, 6) is 1.20. The SMILES string of the molecule is CCCC(C)(C)c1ccc(Oc2c(C)oc3cc(O)ccc3c2=O)cc1. The second-order valence-corrected chi connectivity index (χ2v) is 7.26. The van der Waals surface area contributed by atoms with E-state index in [9.17, 15) is 9.90 Å². The Balaban J connectivity index is 1.94. The molecular formula is C22H24O4. The molecule has 0 amide bonds. The van der Waals surface area contributed by atoms with E-state index in [4.69, 9.17) is 9.15 Å². The Bertz CT molecular complexity index is 981. The number of phenols is 1. The van der Waals surface area contributed by atoms with Gasteiger partial charge in [-0.25, -0.2) is 0 Å². The van der Waals surface area contributed by atoms with Gasteiger partial charge in [0.1, 0.15) is 22.8 Å². The third-order valence-electron chi connectivity index (χ3n) is 4.73. The average Bonchev–Trinajstić information content (AvgIpc) is 2.58. The molecule has 0 saturated heterocycles. The molecule has 0 spiro atoms. The normalized spacial score (nSPS) is 11.7. The molecule has 136 valence electrons. The Hall–Kier alpha value is -2.75. The highest BCUT2D eigenvalue weighted by atomic mass is 16.5. The van der Waals surface area contributed by atoms with Gasteiger partial charge in [-0.3, -0.25) is 4.79 Å². The van der Waals surface area contributed by atoms with Crippen molar-refractivity contribution in [1.82, 2.24) is 0 Å². The zero-order valence-electron chi connectivity index (χ0n) is 15.6. The molecule has 2 aromatic carbocycles. The van der Waals surface area contributed by atoms with E-state index in [-0.39, 0.29) is 22.3 Å². The summed E-state index contributed by atoms with van der Waals surface area (Å²) in [6.07, 6.45) is 2.23. The third kappa shape index (κ3) is 3.45. The van der Waals surface area contributed by atoms with Crippen LogP contribution in [0, 0.1) is 6.92 Å². The van der Waals surface area contributed by atoms with Crippen LogP contribution in [0.5, 0.6) is 17.2 Å². The molecule has 1 aromatic heterocycles. The number of fused-ring (bicyclic) bond motifs is 1. The number of ether oxygens (including phenoxy) is 1. The van der Waals surface area contributed by atoms with E-state index in [1.54, 1.807) is 13.0 Å². The van der Waals surface area contributed by atoms with Crippen LogP contribution >= 0.6 is 0 Å². The molecule has 26 heavy (non-hydrogen) atoms. The monoisotopic (exact) mass is 352 g/mol. The van der Waals surface area contributed by atoms with Gasteiger partial charge in [-0.1, -0.05) is 39.3 Å². The molecule has 0 radical (unpaired) electrons. The molecule has 0 saturated carbocycles. The number of benzene rings is 2. The Kier molecular flexibility index (Phi) is 4.77. The van der Waals surface area contributed by atoms with Crippen molar-refractivity contribution in [2.75, 3.05) is 0 Å². The Morgan fingerprint density at radius 1 is 1.12 bits per heavy atom. The van der Waals surface area contributed by atoms with Crippen LogP contribution in [0.1, 0.15) is 44.9 Å². The van der Waals surface area contributed by atoms with Crippen molar-refractivity contribution < 1.29 is 14.3 Å². The minimum Gasteiger partial charge on any atom is -0.508 e. The van der Waals surface area contributed by atoms with Crippen molar-refractivity contribution >= 4 is 11.0 Å². The van der Waals surface area contributed by atoms with E-state index in [1.165, 1.54) is 17.7 Å². The van der Waals surface area contributed by atoms with E-state index in [1.807, 2.05) is 24.3 Å². The van der Waals surface area contributed by atoms with Crippen LogP contribution < -0.4 is 10.2 Å². The lowest BCUT2D eigenvalue weighted by Gasteiger charge is -2.24. The summed E-state index contributed by atoms with van der Waals surface area (Å²) >= 11 is 0. The smallest absolute Gasteiger partial charge is 0.235 e. The molecule has 1 heterocycles. The molecule has 0 unspecified atom stereocenters. The van der Waals surface area contributed by atoms with Gasteiger partial charge in [0.2, 0.25) is 11.2 Å². The molecule has 4 nitrogen and oxygen atoms in total. The van der Waals surface area contributed by atoms with Gasteiger partial charge >= 0.3 is 0 Å². The van der Waals surface area contributed by atoms with Gasteiger partial charge in [0.25, 0.3) is 0 Å². The first-order valence-corrected chi connectivity index (χ1v) is 8.86. The predicted molar refractivity (Wildman–Crippen MR) is 103 cm³/mol. The van der Waals surface area contributed by atoms with Gasteiger partial charge in [-0.2, -0.15) is 0 Å². The van der Waals surface area contributed by atoms with Crippen LogP contribution in [0.15, 0.2) is 51.7 Å². The molecule has 0 fully saturated rings. The number of hydrogen-bond donors (Lipinski definition) is 1. The molecule has 3 rings (SSSR count). The molecule has 4 heteroatoms. The van der Waals surface area contributed by atoms with Crippen LogP contribution in [-0.4, -0.2) is 5.11 Å². The van der Waals surface area contributed by atoms with Gasteiger partial charge in [0.15, 0.2) is 0 Å². The topological polar surface area (TPSA) is 59.7 Å². The van der Waals surface area contributed by atoms with Gasteiger partial charge in [-0.15, -0.1) is 0 Å². The van der Waals surface area contributed by atoms with Crippen molar-refractivity contribution in [3.05, 3.63) is 64.0 Å². The summed E-state index contributed by atoms with van der Waals surface area (Å²) in [4.78, 5) is 12.7. The number of aromatic hydroxyl groups is 1. The first kappa shape index (κ1) is 18.1. The number of aryl methyl sites for hydroxylation is 1. The third-order valence-corrected chi connectivity index (χ3v) is 4.73. The molecule has 3 aromatic rings. The minimum atomic E-state index is -0.251. The fourth-order valence-corrected chi connectivity index (χ4v) is 3.26. The molecule has 0 bridgehead atoms. The summed E-state index contributed by atoms with van der Waals surface area (Å²) in [7, 11) is 0. The zero-order valence-corrected chi connectivity index (χ0v) is 15.6. The molecule has 0 aliphatic heterocycles. The molecule has 0 atom stereocenters. The predicted octanol–water partition coefficient (Wildman–Crippen LogP) is 5.68. The second kappa shape index (κ2) is 6.87. The van der Waals surface area contributed by atoms with Crippen molar-refractivity contribution in [2.24, 2.45) is 0 Å². The molecule has 1 N–H and O–H groups in total. The van der Waals surface area contributed by atoms with Gasteiger partial charge < -0.3 is 14.3 Å². The van der Waals surface area contributed by atoms with Crippen LogP contribution in [0.4, 0.5) is 0 Å². The quantitative estimate of drug-likeness (QED) is 0.642. The highest BCUT2D eigenvalue weighted by Gasteiger charge is 2.20. The lowest BCUT2D eigenvalue weighted by Crippen LogP contribution is -2.16. The van der Waals surface area contributed by atoms with E-state index < -0.39 is 0 Å². The standard InChI is InChI=1S/C22H24O4/c1-5-12-22(3,4)15-6-9-17(10-7-15)26-21-14(2)25-19-13-16(23)8-11-18(19)20(21)24/h6-11,13,23H,5,12H2,1-4H3. The first-order chi connectivity index (χ1) is 12.3. The van der Waals surface area contributed by atoms with Gasteiger partial charge in [-0.05, 0) is 48.6 Å². The van der Waals surface area contributed by atoms with Crippen LogP contribution in [-0.2, 0) is 5.41 Å². The highest BCUT2D eigenvalue weighted by molar-refractivity contribution is 5.79. The van der Waals surface area contributed by atoms with Crippen LogP contribution in [0.2, 0.25) is 0 Å². The molecule has 0 aliphatic rings. The highest BCUT2D eigenvalue weighted by Crippen LogP contribution is 2.31. The van der Waals surface area contributed by atoms with Crippen molar-refractivity contribution in [3.63, 3.8) is 0 Å². The fraction of sp³-hybridized carbons (Fsp3) is 0.318. The fourth-order valence-electron chi connectivity index (χ4n) is 3.26. The van der Waals surface area contributed by atoms with Crippen LogP contribution in [0.25, 0.3) is 11.0 Å². The van der Waals surface area contributed by atoms with Gasteiger partial charge in [0, 0.05) is 6.07 Å². The number of hydrogen-bond acceptors (Lipinski definition) is 4. The minimum absolute atomic E-state index is 0.0546. The molecular weight excluding hydrogens is 328 g/mol. The summed E-state index contributed by atoms with van der Waals surface area (Å²) in [6.45, 7) is 8.31. The van der Waals surface area contributed by atoms with Crippen molar-refractivity contribution in [1.29, 1.82) is 0 Å². The van der Waals surface area contributed by atoms with E-state index in [2.05, 4.69) is 20.8 Å². The van der Waals surface area contributed by atoms with Crippen LogP contribution in [0.3, 0.4) is 0 Å². The summed E-state index contributed by atoms with van der Waals surface area (Å²) < 4.78 is 11.5. The number of phenolic OH excluding ortho intramolecular Hbond substituents is 1. The maximum atomic E-state index is 12.7. The second-order valence-electron chi connectivity index (χ2n) is 7.26. The van der Waals surface area contributed by atoms with Crippen molar-refractivity contribution in [3.8, 4) is 17.2 Å². The maximum absolute atomic E-state index is 12.7. The van der Waals surface area contributed by atoms with Crippen molar-refractivity contribution in [2.45, 2.75) is 46.0 Å². The van der Waals surface area contributed by atoms with E-state index in [0.717, 1.165) is 12.8 Å². The maximum Gasteiger partial charge on any atom is 0.235 e.